The Balaban J connectivity index is 2.28. The Morgan fingerprint density at radius 1 is 1.50 bits per heavy atom. The predicted molar refractivity (Wildman–Crippen MR) is 52.7 cm³/mol. The van der Waals surface area contributed by atoms with E-state index in [4.69, 9.17) is 14.7 Å². The molecule has 1 aliphatic rings. The van der Waals surface area contributed by atoms with Crippen molar-refractivity contribution in [3.05, 3.63) is 42.1 Å². The molecule has 0 saturated carbocycles. The summed E-state index contributed by atoms with van der Waals surface area (Å²) < 4.78 is 9.64. The van der Waals surface area contributed by atoms with Crippen LogP contribution in [0.5, 0.6) is 0 Å². The summed E-state index contributed by atoms with van der Waals surface area (Å²) in [5.74, 6) is -0.572. The zero-order valence-corrected chi connectivity index (χ0v) is 8.16. The van der Waals surface area contributed by atoms with Gasteiger partial charge < -0.3 is 14.7 Å². The molecule has 6 heteroatoms. The molecule has 0 atom stereocenters. The van der Waals surface area contributed by atoms with Gasteiger partial charge in [-0.3, -0.25) is 9.78 Å². The summed E-state index contributed by atoms with van der Waals surface area (Å²) in [5.41, 5.74) is 0.0868. The van der Waals surface area contributed by atoms with Crippen LogP contribution in [0, 0.1) is 0 Å². The van der Waals surface area contributed by atoms with E-state index in [1.165, 1.54) is 12.5 Å². The number of pyridine rings is 1. The average molecular weight is 220 g/mol. The van der Waals surface area contributed by atoms with E-state index in [0.717, 1.165) is 0 Å². The van der Waals surface area contributed by atoms with Crippen molar-refractivity contribution in [3.8, 4) is 0 Å². The molecule has 2 heterocycles. The van der Waals surface area contributed by atoms with Crippen molar-refractivity contribution in [3.63, 3.8) is 0 Å². The number of hydrogen-bond acceptors (Lipinski definition) is 6. The lowest BCUT2D eigenvalue weighted by molar-refractivity contribution is -0.113. The summed E-state index contributed by atoms with van der Waals surface area (Å²) in [4.78, 5) is 15.7. The molecule has 1 aromatic heterocycles. The van der Waals surface area contributed by atoms with Crippen LogP contribution in [0.1, 0.15) is 5.69 Å². The number of carbonyl (C=O) groups is 1. The smallest absolute Gasteiger partial charge is 0.254 e. The van der Waals surface area contributed by atoms with Gasteiger partial charge in [0.2, 0.25) is 12.6 Å². The molecule has 1 aromatic rings. The highest BCUT2D eigenvalue weighted by molar-refractivity contribution is 6.50. The summed E-state index contributed by atoms with van der Waals surface area (Å²) in [6.07, 6.45) is 2.67. The highest BCUT2D eigenvalue weighted by atomic mass is 16.7. The first-order chi connectivity index (χ1) is 7.83. The fourth-order valence-corrected chi connectivity index (χ4v) is 1.19. The van der Waals surface area contributed by atoms with Crippen molar-refractivity contribution in [2.75, 3.05) is 6.79 Å². The molecule has 0 bridgehead atoms. The molecule has 1 aliphatic heterocycles. The molecule has 0 unspecified atom stereocenters. The summed E-state index contributed by atoms with van der Waals surface area (Å²) in [6, 6.07) is 4.93. The Morgan fingerprint density at radius 2 is 2.38 bits per heavy atom. The highest BCUT2D eigenvalue weighted by Gasteiger charge is 2.24. The number of rotatable bonds is 3. The van der Waals surface area contributed by atoms with Crippen molar-refractivity contribution in [2.24, 2.45) is 5.16 Å². The van der Waals surface area contributed by atoms with Gasteiger partial charge in [-0.1, -0.05) is 11.2 Å². The maximum absolute atomic E-state index is 11.8. The first kappa shape index (κ1) is 10.2. The lowest BCUT2D eigenvalue weighted by Crippen LogP contribution is -2.19. The minimum Gasteiger partial charge on any atom is -0.461 e. The summed E-state index contributed by atoms with van der Waals surface area (Å²) in [7, 11) is 0. The lowest BCUT2D eigenvalue weighted by atomic mass is 10.1. The average Bonchev–Trinajstić information content (AvgIpc) is 2.85. The van der Waals surface area contributed by atoms with Crippen LogP contribution in [0.15, 0.2) is 41.6 Å². The van der Waals surface area contributed by atoms with E-state index in [1.54, 1.807) is 18.2 Å². The topological polar surface area (TPSA) is 81.0 Å². The number of ether oxygens (including phenoxy) is 2. The molecule has 16 heavy (non-hydrogen) atoms. The Hall–Kier alpha value is -2.37. The van der Waals surface area contributed by atoms with Gasteiger partial charge in [-0.25, -0.2) is 0 Å². The number of aromatic nitrogens is 1. The van der Waals surface area contributed by atoms with Gasteiger partial charge in [0.25, 0.3) is 5.78 Å². The monoisotopic (exact) mass is 220 g/mol. The third kappa shape index (κ3) is 1.85. The van der Waals surface area contributed by atoms with E-state index in [1.807, 2.05) is 0 Å². The van der Waals surface area contributed by atoms with Crippen LogP contribution in [0.4, 0.5) is 0 Å². The molecule has 0 saturated heterocycles. The molecule has 2 rings (SSSR count). The quantitative estimate of drug-likeness (QED) is 0.460. The standard InChI is InChI=1S/C10H8N2O4/c13-10(8-5-15-6-16-8)9(12-14)7-3-1-2-4-11-7/h1-5,14H,6H2. The number of carbonyl (C=O) groups excluding carboxylic acids is 1. The molecule has 0 aromatic carbocycles. The third-order valence-electron chi connectivity index (χ3n) is 1.92. The number of hydrogen-bond donors (Lipinski definition) is 1. The number of allylic oxidation sites excluding steroid dienone is 1. The number of nitrogens with zero attached hydrogens (tertiary/aromatic N) is 2. The van der Waals surface area contributed by atoms with Crippen LogP contribution in [0.3, 0.4) is 0 Å². The number of Topliss-reactive ketones (excluding diaryl/α,β-unsaturated/α-hetero) is 1. The van der Waals surface area contributed by atoms with Gasteiger partial charge in [0, 0.05) is 6.20 Å². The minimum atomic E-state index is -0.571. The Kier molecular flexibility index (Phi) is 2.81. The molecule has 0 fully saturated rings. The lowest BCUT2D eigenvalue weighted by Gasteiger charge is -2.02. The molecular formula is C10H8N2O4. The Bertz CT molecular complexity index is 453. The zero-order valence-electron chi connectivity index (χ0n) is 8.16. The van der Waals surface area contributed by atoms with Gasteiger partial charge in [0.05, 0.1) is 5.69 Å². The minimum absolute atomic E-state index is 0.00143. The normalized spacial score (nSPS) is 15.0. The van der Waals surface area contributed by atoms with E-state index < -0.39 is 5.78 Å². The number of oxime groups is 1. The molecule has 0 amide bonds. The van der Waals surface area contributed by atoms with Crippen molar-refractivity contribution in [1.29, 1.82) is 0 Å². The SMILES string of the molecule is O=C(C1=COCO1)C(=NO)c1ccccn1. The molecular weight excluding hydrogens is 212 g/mol. The van der Waals surface area contributed by atoms with Gasteiger partial charge >= 0.3 is 0 Å². The van der Waals surface area contributed by atoms with Crippen LogP contribution >= 0.6 is 0 Å². The van der Waals surface area contributed by atoms with Crippen LogP contribution in [-0.2, 0) is 14.3 Å². The Labute approximate surface area is 90.8 Å². The van der Waals surface area contributed by atoms with E-state index in [2.05, 4.69) is 10.1 Å². The van der Waals surface area contributed by atoms with Gasteiger partial charge in [-0.2, -0.15) is 0 Å². The van der Waals surface area contributed by atoms with Crippen molar-refractivity contribution in [2.45, 2.75) is 0 Å². The second-order valence-electron chi connectivity index (χ2n) is 2.90. The summed E-state index contributed by atoms with van der Waals surface area (Å²) in [6.45, 7) is -0.0119. The highest BCUT2D eigenvalue weighted by Crippen LogP contribution is 2.11. The second-order valence-corrected chi connectivity index (χ2v) is 2.90. The van der Waals surface area contributed by atoms with Crippen LogP contribution in [0.2, 0.25) is 0 Å². The maximum Gasteiger partial charge on any atom is 0.254 e. The molecule has 1 N–H and O–H groups in total. The number of ketones is 1. The van der Waals surface area contributed by atoms with Gasteiger partial charge in [-0.05, 0) is 12.1 Å². The Morgan fingerprint density at radius 3 is 2.94 bits per heavy atom. The molecule has 0 aliphatic carbocycles. The van der Waals surface area contributed by atoms with Crippen molar-refractivity contribution in [1.82, 2.24) is 4.98 Å². The van der Waals surface area contributed by atoms with E-state index in [-0.39, 0.29) is 24.0 Å². The van der Waals surface area contributed by atoms with Gasteiger partial charge in [0.15, 0.2) is 5.71 Å². The second kappa shape index (κ2) is 4.43. The fourth-order valence-electron chi connectivity index (χ4n) is 1.19. The van der Waals surface area contributed by atoms with E-state index >= 15 is 0 Å². The first-order valence-corrected chi connectivity index (χ1v) is 4.45. The third-order valence-corrected chi connectivity index (χ3v) is 1.92. The van der Waals surface area contributed by atoms with E-state index in [9.17, 15) is 4.79 Å². The van der Waals surface area contributed by atoms with Crippen LogP contribution in [-0.4, -0.2) is 28.5 Å². The van der Waals surface area contributed by atoms with Crippen molar-refractivity contribution >= 4 is 11.5 Å². The van der Waals surface area contributed by atoms with Gasteiger partial charge in [-0.15, -0.1) is 0 Å². The molecule has 0 spiro atoms. The predicted octanol–water partition coefficient (Wildman–Crippen LogP) is 0.675. The molecule has 0 radical (unpaired) electrons. The van der Waals surface area contributed by atoms with Crippen molar-refractivity contribution < 1.29 is 19.5 Å². The van der Waals surface area contributed by atoms with Crippen LogP contribution < -0.4 is 0 Å². The summed E-state index contributed by atoms with van der Waals surface area (Å²) >= 11 is 0. The molecule has 6 nitrogen and oxygen atoms in total. The van der Waals surface area contributed by atoms with Crippen LogP contribution in [0.25, 0.3) is 0 Å². The summed E-state index contributed by atoms with van der Waals surface area (Å²) in [5, 5.41) is 11.7. The van der Waals surface area contributed by atoms with E-state index in [0.29, 0.717) is 0 Å². The zero-order chi connectivity index (χ0) is 11.4. The first-order valence-electron chi connectivity index (χ1n) is 4.45. The largest absolute Gasteiger partial charge is 0.461 e. The van der Waals surface area contributed by atoms with Gasteiger partial charge in [0.1, 0.15) is 6.26 Å². The maximum atomic E-state index is 11.8. The molecule has 82 valence electrons. The fraction of sp³-hybridized carbons (Fsp3) is 0.100.